The van der Waals surface area contributed by atoms with Crippen molar-refractivity contribution in [1.82, 2.24) is 19.9 Å². The molecule has 0 radical (unpaired) electrons. The van der Waals surface area contributed by atoms with E-state index in [0.717, 1.165) is 0 Å². The molecule has 2 heterocycles. The number of amides is 1. The number of ether oxygens (including phenoxy) is 1. The highest BCUT2D eigenvalue weighted by Crippen LogP contribution is 2.48. The molecule has 1 saturated heterocycles. The van der Waals surface area contributed by atoms with Crippen LogP contribution >= 0.6 is 0 Å². The van der Waals surface area contributed by atoms with Crippen LogP contribution in [0.5, 0.6) is 0 Å². The lowest BCUT2D eigenvalue weighted by molar-refractivity contribution is -0.203. The second kappa shape index (κ2) is 7.64. The van der Waals surface area contributed by atoms with Gasteiger partial charge >= 0.3 is 12.3 Å². The van der Waals surface area contributed by atoms with Crippen LogP contribution in [0.25, 0.3) is 0 Å². The topological polar surface area (TPSA) is 60.2 Å². The summed E-state index contributed by atoms with van der Waals surface area (Å²) in [6.07, 6.45) is -5.08. The lowest BCUT2D eigenvalue weighted by Crippen LogP contribution is -2.53. The highest BCUT2D eigenvalue weighted by Gasteiger charge is 2.59. The summed E-state index contributed by atoms with van der Waals surface area (Å²) in [5.74, 6) is -2.73. The van der Waals surface area contributed by atoms with Crippen molar-refractivity contribution in [3.63, 3.8) is 0 Å². The Morgan fingerprint density at radius 2 is 1.67 bits per heavy atom. The number of rotatable bonds is 2. The van der Waals surface area contributed by atoms with Gasteiger partial charge in [0.2, 0.25) is 5.92 Å². The molecule has 2 fully saturated rings. The van der Waals surface area contributed by atoms with E-state index in [2.05, 4.69) is 10.3 Å². The number of hydrogen-bond donors (Lipinski definition) is 0. The Balaban J connectivity index is 1.75. The van der Waals surface area contributed by atoms with Gasteiger partial charge in [-0.2, -0.15) is 13.2 Å². The summed E-state index contributed by atoms with van der Waals surface area (Å²) in [6.45, 7) is 4.81. The summed E-state index contributed by atoms with van der Waals surface area (Å²) in [6, 6.07) is -0.391. The molecule has 6 nitrogen and oxygen atoms in total. The molecule has 3 rings (SSSR count). The van der Waals surface area contributed by atoms with Gasteiger partial charge < -0.3 is 9.64 Å². The number of piperidine rings is 1. The molecule has 0 unspecified atom stereocenters. The van der Waals surface area contributed by atoms with Crippen LogP contribution in [-0.2, 0) is 10.2 Å². The third kappa shape index (κ3) is 4.69. The smallest absolute Gasteiger partial charge is 0.410 e. The van der Waals surface area contributed by atoms with E-state index < -0.39 is 35.2 Å². The zero-order valence-electron chi connectivity index (χ0n) is 17.3. The van der Waals surface area contributed by atoms with Crippen molar-refractivity contribution in [2.75, 3.05) is 13.1 Å². The molecule has 0 spiro atoms. The summed E-state index contributed by atoms with van der Waals surface area (Å²) in [7, 11) is 0. The number of carbonyl (C=O) groups is 1. The Kier molecular flexibility index (Phi) is 5.79. The maximum atomic E-state index is 14.1. The molecule has 1 saturated carbocycles. The van der Waals surface area contributed by atoms with Crippen LogP contribution in [-0.4, -0.2) is 56.8 Å². The van der Waals surface area contributed by atoms with Crippen LogP contribution in [0.15, 0.2) is 6.20 Å². The SMILES string of the molecule is CC(C)(C)OC(=O)N1CCC(c2cn(C3CCC(F)(F)CC3)nn2)(C(F)(F)F)CC1. The molecule has 2 aliphatic rings. The predicted octanol–water partition coefficient (Wildman–Crippen LogP) is 4.86. The molecular weight excluding hydrogens is 411 g/mol. The molecule has 0 aromatic carbocycles. The molecule has 0 atom stereocenters. The zero-order chi connectivity index (χ0) is 22.4. The molecule has 1 aliphatic carbocycles. The van der Waals surface area contributed by atoms with Crippen molar-refractivity contribution in [3.05, 3.63) is 11.9 Å². The van der Waals surface area contributed by atoms with Crippen molar-refractivity contribution in [2.24, 2.45) is 0 Å². The van der Waals surface area contributed by atoms with E-state index in [0.29, 0.717) is 0 Å². The number of aromatic nitrogens is 3. The van der Waals surface area contributed by atoms with Crippen LogP contribution in [0.1, 0.15) is 71.0 Å². The first-order valence-corrected chi connectivity index (χ1v) is 10.1. The highest BCUT2D eigenvalue weighted by molar-refractivity contribution is 5.68. The standard InChI is InChI=1S/C19H27F5N4O2/c1-16(2,3)30-15(29)27-10-8-17(9-11-27,19(22,23)24)14-12-28(26-25-14)13-4-6-18(20,21)7-5-13/h12-13H,4-11H2,1-3H3. The molecule has 1 aliphatic heterocycles. The third-order valence-corrected chi connectivity index (χ3v) is 5.87. The number of nitrogens with zero attached hydrogens (tertiary/aromatic N) is 4. The molecule has 170 valence electrons. The van der Waals surface area contributed by atoms with Gasteiger partial charge in [-0.1, -0.05) is 5.21 Å². The molecule has 30 heavy (non-hydrogen) atoms. The van der Waals surface area contributed by atoms with Gasteiger partial charge in [-0.3, -0.25) is 0 Å². The summed E-state index contributed by atoms with van der Waals surface area (Å²) in [5.41, 5.74) is -3.20. The minimum atomic E-state index is -4.59. The Morgan fingerprint density at radius 3 is 2.17 bits per heavy atom. The van der Waals surface area contributed by atoms with E-state index in [1.165, 1.54) is 15.8 Å². The van der Waals surface area contributed by atoms with Crippen molar-refractivity contribution < 1.29 is 31.5 Å². The van der Waals surface area contributed by atoms with E-state index in [1.807, 2.05) is 0 Å². The summed E-state index contributed by atoms with van der Waals surface area (Å²) in [4.78, 5) is 13.5. The van der Waals surface area contributed by atoms with Crippen LogP contribution in [0.3, 0.4) is 0 Å². The molecule has 1 aromatic rings. The minimum Gasteiger partial charge on any atom is -0.444 e. The Bertz CT molecular complexity index is 754. The number of carbonyl (C=O) groups excluding carboxylic acids is 1. The van der Waals surface area contributed by atoms with Gasteiger partial charge in [-0.15, -0.1) is 5.10 Å². The maximum Gasteiger partial charge on any atom is 0.410 e. The summed E-state index contributed by atoms with van der Waals surface area (Å²) < 4.78 is 75.7. The predicted molar refractivity (Wildman–Crippen MR) is 97.2 cm³/mol. The van der Waals surface area contributed by atoms with E-state index >= 15 is 0 Å². The first-order valence-electron chi connectivity index (χ1n) is 10.1. The van der Waals surface area contributed by atoms with E-state index in [1.54, 1.807) is 20.8 Å². The number of halogens is 5. The molecule has 0 N–H and O–H groups in total. The van der Waals surface area contributed by atoms with Crippen molar-refractivity contribution in [1.29, 1.82) is 0 Å². The van der Waals surface area contributed by atoms with E-state index in [4.69, 9.17) is 4.74 Å². The first-order chi connectivity index (χ1) is 13.7. The lowest BCUT2D eigenvalue weighted by Gasteiger charge is -2.41. The van der Waals surface area contributed by atoms with Gasteiger partial charge in [0.1, 0.15) is 11.0 Å². The normalized spacial score (nSPS) is 22.7. The number of likely N-dealkylation sites (tertiary alicyclic amines) is 1. The fraction of sp³-hybridized carbons (Fsp3) is 0.842. The van der Waals surface area contributed by atoms with Gasteiger partial charge in [0.05, 0.1) is 11.7 Å². The molecule has 1 amide bonds. The van der Waals surface area contributed by atoms with Gasteiger partial charge in [0, 0.05) is 32.1 Å². The molecular formula is C19H27F5N4O2. The average molecular weight is 438 g/mol. The van der Waals surface area contributed by atoms with Gasteiger partial charge in [0.15, 0.2) is 0 Å². The largest absolute Gasteiger partial charge is 0.444 e. The van der Waals surface area contributed by atoms with Crippen LogP contribution < -0.4 is 0 Å². The summed E-state index contributed by atoms with van der Waals surface area (Å²) in [5, 5.41) is 7.63. The lowest BCUT2D eigenvalue weighted by atomic mass is 9.75. The van der Waals surface area contributed by atoms with Gasteiger partial charge in [-0.05, 0) is 46.5 Å². The van der Waals surface area contributed by atoms with Gasteiger partial charge in [-0.25, -0.2) is 18.3 Å². The van der Waals surface area contributed by atoms with Crippen molar-refractivity contribution in [3.8, 4) is 0 Å². The molecule has 1 aromatic heterocycles. The van der Waals surface area contributed by atoms with Crippen LogP contribution in [0.4, 0.5) is 26.7 Å². The fourth-order valence-corrected chi connectivity index (χ4v) is 4.05. The zero-order valence-corrected chi connectivity index (χ0v) is 17.3. The monoisotopic (exact) mass is 438 g/mol. The Morgan fingerprint density at radius 1 is 1.10 bits per heavy atom. The first kappa shape index (κ1) is 22.7. The Labute approximate surface area is 171 Å². The van der Waals surface area contributed by atoms with Crippen molar-refractivity contribution in [2.45, 2.75) is 88.5 Å². The second-order valence-electron chi connectivity index (χ2n) is 9.22. The van der Waals surface area contributed by atoms with Crippen LogP contribution in [0, 0.1) is 0 Å². The number of hydrogen-bond acceptors (Lipinski definition) is 4. The minimum absolute atomic E-state index is 0.128. The van der Waals surface area contributed by atoms with E-state index in [-0.39, 0.29) is 57.3 Å². The second-order valence-corrected chi connectivity index (χ2v) is 9.22. The molecule has 0 bridgehead atoms. The quantitative estimate of drug-likeness (QED) is 0.619. The highest BCUT2D eigenvalue weighted by atomic mass is 19.4. The maximum absolute atomic E-state index is 14.1. The van der Waals surface area contributed by atoms with E-state index in [9.17, 15) is 26.7 Å². The third-order valence-electron chi connectivity index (χ3n) is 5.87. The van der Waals surface area contributed by atoms with Crippen LogP contribution in [0.2, 0.25) is 0 Å². The van der Waals surface area contributed by atoms with Gasteiger partial charge in [0.25, 0.3) is 0 Å². The number of alkyl halides is 5. The fourth-order valence-electron chi connectivity index (χ4n) is 4.05. The average Bonchev–Trinajstić information content (AvgIpc) is 3.09. The molecule has 11 heteroatoms. The van der Waals surface area contributed by atoms with Crippen molar-refractivity contribution >= 4 is 6.09 Å². The Hall–Kier alpha value is -1.94. The summed E-state index contributed by atoms with van der Waals surface area (Å²) >= 11 is 0.